The Hall–Kier alpha value is -0.120. The van der Waals surface area contributed by atoms with Crippen LogP contribution in [0.4, 0.5) is 0 Å². The molecule has 0 rings (SSSR count). The van der Waals surface area contributed by atoms with Crippen molar-refractivity contribution in [2.24, 2.45) is 5.92 Å². The van der Waals surface area contributed by atoms with Gasteiger partial charge in [0.05, 0.1) is 19.3 Å². The van der Waals surface area contributed by atoms with Gasteiger partial charge in [-0.05, 0) is 12.8 Å². The van der Waals surface area contributed by atoms with Crippen LogP contribution in [0.25, 0.3) is 0 Å². The van der Waals surface area contributed by atoms with Crippen LogP contribution in [0.2, 0.25) is 0 Å². The van der Waals surface area contributed by atoms with Gasteiger partial charge >= 0.3 is 0 Å². The van der Waals surface area contributed by atoms with Crippen molar-refractivity contribution in [2.45, 2.75) is 39.3 Å². The molecule has 2 atom stereocenters. The molecule has 0 bridgehead atoms. The molecule has 0 radical (unpaired) electrons. The van der Waals surface area contributed by atoms with Gasteiger partial charge in [-0.3, -0.25) is 0 Å². The number of aliphatic hydroxyl groups is 2. The topological polar surface area (TPSA) is 52.5 Å². The van der Waals surface area contributed by atoms with Crippen molar-refractivity contribution in [3.63, 3.8) is 0 Å². The highest BCUT2D eigenvalue weighted by Crippen LogP contribution is 2.06. The van der Waals surface area contributed by atoms with Gasteiger partial charge < -0.3 is 15.5 Å². The molecule has 3 N–H and O–H groups in total. The summed E-state index contributed by atoms with van der Waals surface area (Å²) >= 11 is 0. The maximum Gasteiger partial charge on any atom is 0.0607 e. The first-order valence-electron chi connectivity index (χ1n) is 4.63. The van der Waals surface area contributed by atoms with Gasteiger partial charge in [0, 0.05) is 6.04 Å². The smallest absolute Gasteiger partial charge is 0.0607 e. The zero-order valence-electron chi connectivity index (χ0n) is 8.25. The van der Waals surface area contributed by atoms with Crippen LogP contribution in [-0.4, -0.2) is 35.5 Å². The van der Waals surface area contributed by atoms with Crippen LogP contribution in [-0.2, 0) is 0 Å². The molecule has 0 unspecified atom stereocenters. The molecule has 0 aromatic rings. The zero-order valence-corrected chi connectivity index (χ0v) is 8.25. The highest BCUT2D eigenvalue weighted by molar-refractivity contribution is 4.73. The number of nitrogens with one attached hydrogen (secondary N) is 1. The van der Waals surface area contributed by atoms with E-state index in [-0.39, 0.29) is 19.3 Å². The maximum absolute atomic E-state index is 8.81. The van der Waals surface area contributed by atoms with E-state index < -0.39 is 0 Å². The maximum atomic E-state index is 8.81. The van der Waals surface area contributed by atoms with E-state index in [1.807, 2.05) is 0 Å². The zero-order chi connectivity index (χ0) is 9.56. The summed E-state index contributed by atoms with van der Waals surface area (Å²) < 4.78 is 0. The van der Waals surface area contributed by atoms with Crippen LogP contribution in [0.3, 0.4) is 0 Å². The lowest BCUT2D eigenvalue weighted by atomic mass is 10.0. The van der Waals surface area contributed by atoms with Gasteiger partial charge in [-0.15, -0.1) is 0 Å². The van der Waals surface area contributed by atoms with Gasteiger partial charge in [0.25, 0.3) is 0 Å². The summed E-state index contributed by atoms with van der Waals surface area (Å²) in [6.45, 7) is 6.36. The quantitative estimate of drug-likeness (QED) is 0.546. The van der Waals surface area contributed by atoms with Crippen molar-refractivity contribution in [2.75, 3.05) is 13.2 Å². The minimum Gasteiger partial charge on any atom is -0.395 e. The first-order valence-corrected chi connectivity index (χ1v) is 4.63. The van der Waals surface area contributed by atoms with E-state index in [1.165, 1.54) is 0 Å². The molecule has 12 heavy (non-hydrogen) atoms. The van der Waals surface area contributed by atoms with E-state index in [2.05, 4.69) is 26.1 Å². The highest BCUT2D eigenvalue weighted by Gasteiger charge is 2.14. The fourth-order valence-electron chi connectivity index (χ4n) is 1.05. The van der Waals surface area contributed by atoms with Crippen molar-refractivity contribution >= 4 is 0 Å². The van der Waals surface area contributed by atoms with E-state index in [0.717, 1.165) is 6.42 Å². The van der Waals surface area contributed by atoms with Crippen LogP contribution >= 0.6 is 0 Å². The molecule has 0 aliphatic heterocycles. The molecule has 0 amide bonds. The van der Waals surface area contributed by atoms with Crippen LogP contribution in [0.1, 0.15) is 27.2 Å². The van der Waals surface area contributed by atoms with Crippen LogP contribution < -0.4 is 5.32 Å². The van der Waals surface area contributed by atoms with Gasteiger partial charge in [0.1, 0.15) is 0 Å². The molecule has 0 spiro atoms. The van der Waals surface area contributed by atoms with Gasteiger partial charge in [0.15, 0.2) is 0 Å². The van der Waals surface area contributed by atoms with Crippen LogP contribution in [0.5, 0.6) is 0 Å². The van der Waals surface area contributed by atoms with Crippen molar-refractivity contribution in [1.82, 2.24) is 5.32 Å². The molecule has 0 aromatic heterocycles. The Labute approximate surface area is 74.8 Å². The summed E-state index contributed by atoms with van der Waals surface area (Å²) in [5.41, 5.74) is 0. The fraction of sp³-hybridized carbons (Fsp3) is 1.00. The SMILES string of the molecule is CC[C@@H](C)[C@@H](C)NC(CO)CO. The minimum atomic E-state index is -0.172. The number of hydrogen-bond donors (Lipinski definition) is 3. The third-order valence-electron chi connectivity index (χ3n) is 2.44. The van der Waals surface area contributed by atoms with Gasteiger partial charge in [-0.1, -0.05) is 20.3 Å². The number of rotatable bonds is 6. The van der Waals surface area contributed by atoms with Crippen molar-refractivity contribution in [3.05, 3.63) is 0 Å². The molecule has 0 aromatic carbocycles. The molecule has 0 aliphatic rings. The lowest BCUT2D eigenvalue weighted by Crippen LogP contribution is -2.44. The van der Waals surface area contributed by atoms with Gasteiger partial charge in [-0.25, -0.2) is 0 Å². The van der Waals surface area contributed by atoms with E-state index in [1.54, 1.807) is 0 Å². The summed E-state index contributed by atoms with van der Waals surface area (Å²) in [5.74, 6) is 0.575. The largest absolute Gasteiger partial charge is 0.395 e. The molecule has 0 saturated heterocycles. The predicted octanol–water partition coefficient (Wildman–Crippen LogP) is 0.364. The van der Waals surface area contributed by atoms with Crippen LogP contribution in [0, 0.1) is 5.92 Å². The summed E-state index contributed by atoms with van der Waals surface area (Å²) in [4.78, 5) is 0. The third-order valence-corrected chi connectivity index (χ3v) is 2.44. The molecule has 3 nitrogen and oxygen atoms in total. The summed E-state index contributed by atoms with van der Waals surface area (Å²) in [7, 11) is 0. The van der Waals surface area contributed by atoms with E-state index >= 15 is 0 Å². The van der Waals surface area contributed by atoms with Crippen LogP contribution in [0.15, 0.2) is 0 Å². The second-order valence-electron chi connectivity index (χ2n) is 3.40. The molecule has 0 aliphatic carbocycles. The normalized spacial score (nSPS) is 16.5. The van der Waals surface area contributed by atoms with Crippen molar-refractivity contribution < 1.29 is 10.2 Å². The van der Waals surface area contributed by atoms with Gasteiger partial charge in [0.2, 0.25) is 0 Å². The van der Waals surface area contributed by atoms with Gasteiger partial charge in [-0.2, -0.15) is 0 Å². The summed E-state index contributed by atoms with van der Waals surface area (Å²) in [5, 5.41) is 20.8. The predicted molar refractivity (Wildman–Crippen MR) is 50.0 cm³/mol. The third kappa shape index (κ3) is 4.04. The van der Waals surface area contributed by atoms with E-state index in [9.17, 15) is 0 Å². The van der Waals surface area contributed by atoms with E-state index in [4.69, 9.17) is 10.2 Å². The lowest BCUT2D eigenvalue weighted by molar-refractivity contribution is 0.155. The molecule has 74 valence electrons. The molecule has 0 heterocycles. The van der Waals surface area contributed by atoms with E-state index in [0.29, 0.717) is 12.0 Å². The Kier molecular flexibility index (Phi) is 6.34. The second-order valence-corrected chi connectivity index (χ2v) is 3.40. The average molecular weight is 175 g/mol. The summed E-state index contributed by atoms with van der Waals surface area (Å²) in [6.07, 6.45) is 1.11. The average Bonchev–Trinajstić information content (AvgIpc) is 2.12. The monoisotopic (exact) mass is 175 g/mol. The molecule has 0 fully saturated rings. The molecular weight excluding hydrogens is 154 g/mol. The molecule has 3 heteroatoms. The Morgan fingerprint density at radius 2 is 1.67 bits per heavy atom. The molecular formula is C9H21NO2. The fourth-order valence-corrected chi connectivity index (χ4v) is 1.05. The standard InChI is InChI=1S/C9H21NO2/c1-4-7(2)8(3)10-9(5-11)6-12/h7-12H,4-6H2,1-3H3/t7-,8-/m1/s1. The Morgan fingerprint density at radius 3 is 2.00 bits per heavy atom. The Balaban J connectivity index is 3.72. The lowest BCUT2D eigenvalue weighted by Gasteiger charge is -2.24. The Bertz CT molecular complexity index is 105. The summed E-state index contributed by atoms with van der Waals surface area (Å²) in [6, 6.07) is 0.174. The second kappa shape index (κ2) is 6.40. The minimum absolute atomic E-state index is 0.00270. The highest BCUT2D eigenvalue weighted by atomic mass is 16.3. The number of aliphatic hydroxyl groups excluding tert-OH is 2. The Morgan fingerprint density at radius 1 is 1.17 bits per heavy atom. The first-order chi connectivity index (χ1) is 5.65. The first kappa shape index (κ1) is 11.9. The molecule has 0 saturated carbocycles. The van der Waals surface area contributed by atoms with Crippen molar-refractivity contribution in [3.8, 4) is 0 Å². The number of hydrogen-bond acceptors (Lipinski definition) is 3. The van der Waals surface area contributed by atoms with Crippen molar-refractivity contribution in [1.29, 1.82) is 0 Å².